The summed E-state index contributed by atoms with van der Waals surface area (Å²) >= 11 is 0. The van der Waals surface area contributed by atoms with E-state index in [-0.39, 0.29) is 23.3 Å². The molecule has 1 aromatic carbocycles. The molecule has 0 atom stereocenters. The second-order valence-electron chi connectivity index (χ2n) is 4.80. The molecule has 5 nitrogen and oxygen atoms in total. The first kappa shape index (κ1) is 14.1. The molecule has 0 aliphatic carbocycles. The van der Waals surface area contributed by atoms with Crippen LogP contribution in [0.25, 0.3) is 0 Å². The number of ether oxygens (including phenoxy) is 1. The molecule has 1 heterocycles. The number of aromatic hydroxyl groups is 1. The van der Waals surface area contributed by atoms with Crippen molar-refractivity contribution in [3.63, 3.8) is 0 Å². The molecule has 1 aliphatic rings. The van der Waals surface area contributed by atoms with Crippen LogP contribution in [-0.4, -0.2) is 38.2 Å². The molecule has 1 aliphatic heterocycles. The minimum Gasteiger partial charge on any atom is -0.508 e. The summed E-state index contributed by atoms with van der Waals surface area (Å²) < 4.78 is 27.8. The lowest BCUT2D eigenvalue weighted by Crippen LogP contribution is -2.37. The Hall–Kier alpha value is -1.27. The molecule has 1 saturated heterocycles. The summed E-state index contributed by atoms with van der Waals surface area (Å²) in [6.45, 7) is 0.508. The predicted molar refractivity (Wildman–Crippen MR) is 73.2 cm³/mol. The fraction of sp³-hybridized carbons (Fsp3) is 0.538. The van der Waals surface area contributed by atoms with E-state index in [1.165, 1.54) is 0 Å². The Balaban J connectivity index is 1.92. The van der Waals surface area contributed by atoms with Gasteiger partial charge < -0.3 is 15.2 Å². The lowest BCUT2D eigenvalue weighted by atomic mass is 10.1. The zero-order valence-corrected chi connectivity index (χ0v) is 11.7. The van der Waals surface area contributed by atoms with Gasteiger partial charge in [-0.15, -0.1) is 0 Å². The Kier molecular flexibility index (Phi) is 4.31. The van der Waals surface area contributed by atoms with E-state index in [9.17, 15) is 13.5 Å². The van der Waals surface area contributed by atoms with Gasteiger partial charge in [-0.1, -0.05) is 0 Å². The largest absolute Gasteiger partial charge is 0.508 e. The molecule has 1 aromatic rings. The molecule has 2 N–H and O–H groups in total. The Bertz CT molecular complexity index is 528. The van der Waals surface area contributed by atoms with Crippen molar-refractivity contribution in [3.8, 4) is 11.5 Å². The van der Waals surface area contributed by atoms with E-state index in [0.717, 1.165) is 5.56 Å². The smallest absolute Gasteiger partial charge is 0.150 e. The van der Waals surface area contributed by atoms with E-state index in [0.29, 0.717) is 25.1 Å². The van der Waals surface area contributed by atoms with Crippen LogP contribution in [-0.2, 0) is 16.4 Å². The zero-order chi connectivity index (χ0) is 13.9. The summed E-state index contributed by atoms with van der Waals surface area (Å²) in [5.41, 5.74) is 0.757. The molecule has 0 saturated carbocycles. The van der Waals surface area contributed by atoms with Crippen LogP contribution in [0.2, 0.25) is 0 Å². The van der Waals surface area contributed by atoms with Crippen molar-refractivity contribution in [3.05, 3.63) is 23.8 Å². The second-order valence-corrected chi connectivity index (χ2v) is 7.11. The Morgan fingerprint density at radius 3 is 2.68 bits per heavy atom. The standard InChI is InChI=1S/C13H19NO4S/c1-18-12-2-3-13(15)10(8-12)9-14-11-4-6-19(16,17)7-5-11/h2-3,8,11,14-15H,4-7,9H2,1H3. The number of hydrogen-bond acceptors (Lipinski definition) is 5. The molecule has 0 bridgehead atoms. The first-order valence-corrected chi connectivity index (χ1v) is 8.12. The van der Waals surface area contributed by atoms with Gasteiger partial charge in [-0.25, -0.2) is 8.42 Å². The molecule has 6 heteroatoms. The maximum absolute atomic E-state index is 11.3. The third-order valence-corrected chi connectivity index (χ3v) is 5.14. The number of phenols is 1. The summed E-state index contributed by atoms with van der Waals surface area (Å²) in [7, 11) is -1.25. The number of phenolic OH excluding ortho intramolecular Hbond substituents is 1. The van der Waals surface area contributed by atoms with E-state index in [1.807, 2.05) is 0 Å². The van der Waals surface area contributed by atoms with Crippen LogP contribution in [0.5, 0.6) is 11.5 Å². The molecule has 1 fully saturated rings. The van der Waals surface area contributed by atoms with Crippen molar-refractivity contribution < 1.29 is 18.3 Å². The van der Waals surface area contributed by atoms with Crippen molar-refractivity contribution in [2.24, 2.45) is 0 Å². The maximum atomic E-state index is 11.3. The molecule has 106 valence electrons. The van der Waals surface area contributed by atoms with Crippen LogP contribution in [0.15, 0.2) is 18.2 Å². The van der Waals surface area contributed by atoms with Crippen molar-refractivity contribution >= 4 is 9.84 Å². The minimum atomic E-state index is -2.83. The average Bonchev–Trinajstić information content (AvgIpc) is 2.39. The molecular formula is C13H19NO4S. The number of nitrogens with one attached hydrogen (secondary N) is 1. The van der Waals surface area contributed by atoms with Gasteiger partial charge in [-0.05, 0) is 31.0 Å². The third-order valence-electron chi connectivity index (χ3n) is 3.42. The van der Waals surface area contributed by atoms with Crippen LogP contribution >= 0.6 is 0 Å². The van der Waals surface area contributed by atoms with Crippen molar-refractivity contribution in [1.82, 2.24) is 5.32 Å². The van der Waals surface area contributed by atoms with E-state index in [1.54, 1.807) is 25.3 Å². The molecular weight excluding hydrogens is 266 g/mol. The van der Waals surface area contributed by atoms with E-state index in [4.69, 9.17) is 4.74 Å². The first-order chi connectivity index (χ1) is 9.00. The predicted octanol–water partition coefficient (Wildman–Crippen LogP) is 1.07. The highest BCUT2D eigenvalue weighted by Gasteiger charge is 2.23. The van der Waals surface area contributed by atoms with Gasteiger partial charge in [0.05, 0.1) is 18.6 Å². The van der Waals surface area contributed by atoms with Crippen molar-refractivity contribution in [1.29, 1.82) is 0 Å². The van der Waals surface area contributed by atoms with Crippen LogP contribution in [0.3, 0.4) is 0 Å². The second kappa shape index (κ2) is 5.79. The SMILES string of the molecule is COc1ccc(O)c(CNC2CCS(=O)(=O)CC2)c1. The topological polar surface area (TPSA) is 75.6 Å². The van der Waals surface area contributed by atoms with Gasteiger partial charge in [-0.3, -0.25) is 0 Å². The van der Waals surface area contributed by atoms with E-state index < -0.39 is 9.84 Å². The van der Waals surface area contributed by atoms with Crippen LogP contribution in [0.1, 0.15) is 18.4 Å². The Morgan fingerprint density at radius 2 is 2.05 bits per heavy atom. The lowest BCUT2D eigenvalue weighted by molar-refractivity contribution is 0.407. The van der Waals surface area contributed by atoms with Gasteiger partial charge in [0.2, 0.25) is 0 Å². The molecule has 0 amide bonds. The third kappa shape index (κ3) is 3.84. The molecule has 2 rings (SSSR count). The summed E-state index contributed by atoms with van der Waals surface area (Å²) in [6, 6.07) is 5.27. The maximum Gasteiger partial charge on any atom is 0.150 e. The molecule has 0 spiro atoms. The van der Waals surface area contributed by atoms with Crippen LogP contribution in [0.4, 0.5) is 0 Å². The first-order valence-electron chi connectivity index (χ1n) is 6.30. The summed E-state index contributed by atoms with van der Waals surface area (Å²) in [4.78, 5) is 0. The molecule has 0 unspecified atom stereocenters. The van der Waals surface area contributed by atoms with Crippen LogP contribution in [0, 0.1) is 0 Å². The zero-order valence-electron chi connectivity index (χ0n) is 10.9. The lowest BCUT2D eigenvalue weighted by Gasteiger charge is -2.23. The number of hydrogen-bond donors (Lipinski definition) is 2. The number of rotatable bonds is 4. The molecule has 19 heavy (non-hydrogen) atoms. The monoisotopic (exact) mass is 285 g/mol. The fourth-order valence-corrected chi connectivity index (χ4v) is 3.67. The highest BCUT2D eigenvalue weighted by atomic mass is 32.2. The van der Waals surface area contributed by atoms with E-state index >= 15 is 0 Å². The van der Waals surface area contributed by atoms with Gasteiger partial charge in [0.1, 0.15) is 21.3 Å². The van der Waals surface area contributed by atoms with Crippen molar-refractivity contribution in [2.75, 3.05) is 18.6 Å². The summed E-state index contributed by atoms with van der Waals surface area (Å²) in [5, 5.41) is 13.0. The quantitative estimate of drug-likeness (QED) is 0.865. The average molecular weight is 285 g/mol. The number of benzene rings is 1. The van der Waals surface area contributed by atoms with Gasteiger partial charge in [-0.2, -0.15) is 0 Å². The summed E-state index contributed by atoms with van der Waals surface area (Å²) in [5.74, 6) is 1.40. The summed E-state index contributed by atoms with van der Waals surface area (Å²) in [6.07, 6.45) is 1.26. The Labute approximate surface area is 113 Å². The van der Waals surface area contributed by atoms with Gasteiger partial charge in [0.25, 0.3) is 0 Å². The van der Waals surface area contributed by atoms with Crippen LogP contribution < -0.4 is 10.1 Å². The van der Waals surface area contributed by atoms with Gasteiger partial charge >= 0.3 is 0 Å². The van der Waals surface area contributed by atoms with E-state index in [2.05, 4.69) is 5.32 Å². The highest BCUT2D eigenvalue weighted by molar-refractivity contribution is 7.91. The highest BCUT2D eigenvalue weighted by Crippen LogP contribution is 2.23. The molecule has 0 aromatic heterocycles. The minimum absolute atomic E-state index is 0.189. The van der Waals surface area contributed by atoms with Gasteiger partial charge in [0.15, 0.2) is 0 Å². The molecule has 0 radical (unpaired) electrons. The number of sulfone groups is 1. The fourth-order valence-electron chi connectivity index (χ4n) is 2.18. The van der Waals surface area contributed by atoms with Gasteiger partial charge in [0, 0.05) is 18.2 Å². The normalized spacial score (nSPS) is 19.2. The Morgan fingerprint density at radius 1 is 1.37 bits per heavy atom. The van der Waals surface area contributed by atoms with Crippen molar-refractivity contribution in [2.45, 2.75) is 25.4 Å². The number of methoxy groups -OCH3 is 1.